The third-order valence-electron chi connectivity index (χ3n) is 4.62. The van der Waals surface area contributed by atoms with E-state index in [2.05, 4.69) is 10.5 Å². The maximum Gasteiger partial charge on any atom is 0.229 e. The van der Waals surface area contributed by atoms with Gasteiger partial charge in [0.05, 0.1) is 0 Å². The Kier molecular flexibility index (Phi) is 4.49. The van der Waals surface area contributed by atoms with Crippen molar-refractivity contribution in [3.05, 3.63) is 11.7 Å². The fraction of sp³-hybridized carbons (Fsp3) is 0.867. The van der Waals surface area contributed by atoms with Crippen LogP contribution in [0.25, 0.3) is 0 Å². The summed E-state index contributed by atoms with van der Waals surface area (Å²) in [6, 6.07) is 0. The minimum absolute atomic E-state index is 0.507. The highest BCUT2D eigenvalue weighted by molar-refractivity contribution is 5.01. The highest BCUT2D eigenvalue weighted by Gasteiger charge is 2.24. The summed E-state index contributed by atoms with van der Waals surface area (Å²) < 4.78 is 5.57. The van der Waals surface area contributed by atoms with Crippen LogP contribution in [0.4, 0.5) is 0 Å². The van der Waals surface area contributed by atoms with E-state index in [0.29, 0.717) is 11.8 Å². The summed E-state index contributed by atoms with van der Waals surface area (Å²) in [5, 5.41) is 7.64. The number of nitrogens with zero attached hydrogens (tertiary/aromatic N) is 2. The van der Waals surface area contributed by atoms with Crippen LogP contribution in [-0.4, -0.2) is 23.2 Å². The van der Waals surface area contributed by atoms with Crippen LogP contribution in [0.1, 0.15) is 81.3 Å². The molecule has 0 aromatic carbocycles. The molecule has 1 saturated heterocycles. The van der Waals surface area contributed by atoms with Crippen LogP contribution < -0.4 is 5.32 Å². The Morgan fingerprint density at radius 2 is 1.53 bits per heavy atom. The molecule has 1 aliphatic carbocycles. The Balaban J connectivity index is 1.65. The lowest BCUT2D eigenvalue weighted by Gasteiger charge is -2.19. The first-order valence-corrected chi connectivity index (χ1v) is 7.97. The molecule has 1 aliphatic heterocycles. The summed E-state index contributed by atoms with van der Waals surface area (Å²) in [7, 11) is 0. The van der Waals surface area contributed by atoms with Gasteiger partial charge in [0.2, 0.25) is 5.89 Å². The van der Waals surface area contributed by atoms with Gasteiger partial charge in [0.1, 0.15) is 0 Å². The van der Waals surface area contributed by atoms with Gasteiger partial charge in [-0.25, -0.2) is 0 Å². The maximum absolute atomic E-state index is 5.57. The molecule has 4 heteroatoms. The van der Waals surface area contributed by atoms with Gasteiger partial charge in [0.25, 0.3) is 0 Å². The van der Waals surface area contributed by atoms with E-state index in [9.17, 15) is 0 Å². The minimum Gasteiger partial charge on any atom is -0.339 e. The quantitative estimate of drug-likeness (QED) is 0.889. The Morgan fingerprint density at radius 3 is 2.26 bits per heavy atom. The summed E-state index contributed by atoms with van der Waals surface area (Å²) in [6.07, 6.45) is 11.5. The van der Waals surface area contributed by atoms with Crippen LogP contribution in [0.5, 0.6) is 0 Å². The highest BCUT2D eigenvalue weighted by atomic mass is 16.5. The molecule has 4 nitrogen and oxygen atoms in total. The molecule has 1 aromatic heterocycles. The van der Waals surface area contributed by atoms with Crippen LogP contribution in [0.15, 0.2) is 4.52 Å². The van der Waals surface area contributed by atoms with Crippen molar-refractivity contribution in [2.24, 2.45) is 0 Å². The van der Waals surface area contributed by atoms with Gasteiger partial charge >= 0.3 is 0 Å². The summed E-state index contributed by atoms with van der Waals surface area (Å²) in [6.45, 7) is 2.16. The van der Waals surface area contributed by atoms with Crippen molar-refractivity contribution in [2.45, 2.75) is 69.6 Å². The van der Waals surface area contributed by atoms with Gasteiger partial charge in [0, 0.05) is 11.8 Å². The first-order valence-electron chi connectivity index (χ1n) is 7.97. The average molecular weight is 263 g/mol. The largest absolute Gasteiger partial charge is 0.339 e. The Hall–Kier alpha value is -0.900. The van der Waals surface area contributed by atoms with Gasteiger partial charge in [-0.3, -0.25) is 0 Å². The van der Waals surface area contributed by atoms with Crippen molar-refractivity contribution >= 4 is 0 Å². The topological polar surface area (TPSA) is 51.0 Å². The molecule has 0 radical (unpaired) electrons. The van der Waals surface area contributed by atoms with E-state index in [-0.39, 0.29) is 0 Å². The number of hydrogen-bond acceptors (Lipinski definition) is 4. The van der Waals surface area contributed by atoms with Crippen molar-refractivity contribution in [2.75, 3.05) is 13.1 Å². The van der Waals surface area contributed by atoms with Crippen LogP contribution in [-0.2, 0) is 0 Å². The van der Waals surface area contributed by atoms with Gasteiger partial charge in [-0.2, -0.15) is 4.98 Å². The van der Waals surface area contributed by atoms with Gasteiger partial charge < -0.3 is 9.84 Å². The number of piperidine rings is 1. The molecule has 2 heterocycles. The predicted octanol–water partition coefficient (Wildman–Crippen LogP) is 3.36. The van der Waals surface area contributed by atoms with E-state index in [1.807, 2.05) is 0 Å². The summed E-state index contributed by atoms with van der Waals surface area (Å²) >= 11 is 0. The van der Waals surface area contributed by atoms with Crippen molar-refractivity contribution < 1.29 is 4.52 Å². The first-order chi connectivity index (χ1) is 9.43. The molecule has 1 aromatic rings. The number of rotatable bonds is 2. The van der Waals surface area contributed by atoms with E-state index < -0.39 is 0 Å². The zero-order chi connectivity index (χ0) is 12.9. The minimum atomic E-state index is 0.507. The van der Waals surface area contributed by atoms with E-state index in [1.54, 1.807) is 0 Å². The molecule has 1 saturated carbocycles. The fourth-order valence-electron chi connectivity index (χ4n) is 3.36. The van der Waals surface area contributed by atoms with Gasteiger partial charge in [-0.1, -0.05) is 37.3 Å². The van der Waals surface area contributed by atoms with Crippen molar-refractivity contribution in [1.29, 1.82) is 0 Å². The number of hydrogen-bond donors (Lipinski definition) is 1. The Labute approximate surface area is 115 Å². The summed E-state index contributed by atoms with van der Waals surface area (Å²) in [4.78, 5) is 4.72. The summed E-state index contributed by atoms with van der Waals surface area (Å²) in [5.41, 5.74) is 0. The third-order valence-corrected chi connectivity index (χ3v) is 4.62. The fourth-order valence-corrected chi connectivity index (χ4v) is 3.36. The Bertz CT molecular complexity index is 376. The zero-order valence-corrected chi connectivity index (χ0v) is 11.7. The molecular formula is C15H25N3O. The lowest BCUT2D eigenvalue weighted by molar-refractivity contribution is 0.317. The van der Waals surface area contributed by atoms with Gasteiger partial charge in [0.15, 0.2) is 5.82 Å². The molecule has 2 aliphatic rings. The Morgan fingerprint density at radius 1 is 0.842 bits per heavy atom. The predicted molar refractivity (Wildman–Crippen MR) is 74.2 cm³/mol. The lowest BCUT2D eigenvalue weighted by atomic mass is 9.91. The standard InChI is InChI=1S/C15H25N3O/c1-2-4-6-13(7-5-3-1)15-17-14(18-19-15)12-8-10-16-11-9-12/h12-13,16H,1-11H2. The van der Waals surface area contributed by atoms with Crippen LogP contribution in [0.2, 0.25) is 0 Å². The second kappa shape index (κ2) is 6.51. The molecule has 0 atom stereocenters. The zero-order valence-electron chi connectivity index (χ0n) is 11.7. The summed E-state index contributed by atoms with van der Waals surface area (Å²) in [5.74, 6) is 2.89. The van der Waals surface area contributed by atoms with Crippen LogP contribution >= 0.6 is 0 Å². The van der Waals surface area contributed by atoms with Crippen molar-refractivity contribution in [3.8, 4) is 0 Å². The van der Waals surface area contributed by atoms with Crippen molar-refractivity contribution in [3.63, 3.8) is 0 Å². The molecule has 0 bridgehead atoms. The molecular weight excluding hydrogens is 238 g/mol. The lowest BCUT2D eigenvalue weighted by Crippen LogP contribution is -2.27. The second-order valence-electron chi connectivity index (χ2n) is 6.06. The third kappa shape index (κ3) is 3.35. The van der Waals surface area contributed by atoms with Gasteiger partial charge in [-0.05, 0) is 38.8 Å². The molecule has 3 rings (SSSR count). The second-order valence-corrected chi connectivity index (χ2v) is 6.06. The maximum atomic E-state index is 5.57. The molecule has 1 N–H and O–H groups in total. The molecule has 0 spiro atoms. The molecule has 106 valence electrons. The molecule has 19 heavy (non-hydrogen) atoms. The molecule has 2 fully saturated rings. The van der Waals surface area contributed by atoms with Crippen LogP contribution in [0, 0.1) is 0 Å². The smallest absolute Gasteiger partial charge is 0.229 e. The van der Waals surface area contributed by atoms with E-state index in [1.165, 1.54) is 44.9 Å². The van der Waals surface area contributed by atoms with Crippen LogP contribution in [0.3, 0.4) is 0 Å². The molecule has 0 unspecified atom stereocenters. The normalized spacial score (nSPS) is 24.0. The first kappa shape index (κ1) is 13.1. The van der Waals surface area contributed by atoms with E-state index in [0.717, 1.165) is 37.6 Å². The van der Waals surface area contributed by atoms with E-state index >= 15 is 0 Å². The van der Waals surface area contributed by atoms with Gasteiger partial charge in [-0.15, -0.1) is 0 Å². The molecule has 0 amide bonds. The SMILES string of the molecule is C1CCCC(c2nc(C3CCNCC3)no2)CCC1. The van der Waals surface area contributed by atoms with Crippen molar-refractivity contribution in [1.82, 2.24) is 15.5 Å². The number of nitrogens with one attached hydrogen (secondary N) is 1. The number of aromatic nitrogens is 2. The monoisotopic (exact) mass is 263 g/mol. The average Bonchev–Trinajstić information content (AvgIpc) is 2.89. The highest BCUT2D eigenvalue weighted by Crippen LogP contribution is 2.31. The van der Waals surface area contributed by atoms with E-state index in [4.69, 9.17) is 9.51 Å².